The van der Waals surface area contributed by atoms with Crippen LogP contribution in [0, 0.1) is 0 Å². The zero-order valence-corrected chi connectivity index (χ0v) is 12.9. The molecule has 0 aliphatic carbocycles. The summed E-state index contributed by atoms with van der Waals surface area (Å²) in [6, 6.07) is 8.36. The van der Waals surface area contributed by atoms with Crippen molar-refractivity contribution in [1.82, 2.24) is 0 Å². The monoisotopic (exact) mass is 379 g/mol. The van der Waals surface area contributed by atoms with Crippen LogP contribution in [0.25, 0.3) is 0 Å². The summed E-state index contributed by atoms with van der Waals surface area (Å²) in [6.07, 6.45) is -4.44. The Morgan fingerprint density at radius 2 is 1.86 bits per heavy atom. The number of ether oxygens (including phenoxy) is 1. The Bertz CT molecular complexity index is 661. The maximum Gasteiger partial charge on any atom is 0.416 e. The number of benzene rings is 2. The molecule has 2 nitrogen and oxygen atoms in total. The smallest absolute Gasteiger partial charge is 0.416 e. The standard InChI is InChI=1S/C14H10BrClF3NO/c15-12-6-9(16)1-4-13(12)21-10-2-3-11(14(17,18)19)8(5-10)7-20/h1-6H,7,20H2. The van der Waals surface area contributed by atoms with Gasteiger partial charge < -0.3 is 10.5 Å². The molecule has 0 atom stereocenters. The highest BCUT2D eigenvalue weighted by Crippen LogP contribution is 2.36. The molecule has 0 saturated heterocycles. The highest BCUT2D eigenvalue weighted by Gasteiger charge is 2.33. The Morgan fingerprint density at radius 1 is 1.14 bits per heavy atom. The summed E-state index contributed by atoms with van der Waals surface area (Å²) < 4.78 is 44.5. The minimum atomic E-state index is -4.44. The molecule has 0 unspecified atom stereocenters. The summed E-state index contributed by atoms with van der Waals surface area (Å²) in [5.41, 5.74) is 4.60. The second-order valence-electron chi connectivity index (χ2n) is 4.20. The summed E-state index contributed by atoms with van der Waals surface area (Å²) in [5.74, 6) is 0.716. The molecule has 0 radical (unpaired) electrons. The van der Waals surface area contributed by atoms with Crippen LogP contribution in [0.4, 0.5) is 13.2 Å². The van der Waals surface area contributed by atoms with E-state index in [1.54, 1.807) is 18.2 Å². The normalized spacial score (nSPS) is 11.5. The fourth-order valence-electron chi connectivity index (χ4n) is 1.76. The van der Waals surface area contributed by atoms with Crippen LogP contribution in [0.3, 0.4) is 0 Å². The van der Waals surface area contributed by atoms with Gasteiger partial charge in [-0.25, -0.2) is 0 Å². The summed E-state index contributed by atoms with van der Waals surface area (Å²) >= 11 is 9.08. The van der Waals surface area contributed by atoms with Gasteiger partial charge in [-0.15, -0.1) is 0 Å². The van der Waals surface area contributed by atoms with Crippen molar-refractivity contribution in [3.63, 3.8) is 0 Å². The zero-order chi connectivity index (χ0) is 15.6. The molecule has 0 aromatic heterocycles. The molecule has 0 saturated carbocycles. The molecule has 2 rings (SSSR count). The molecule has 0 heterocycles. The number of hydrogen-bond donors (Lipinski definition) is 1. The highest BCUT2D eigenvalue weighted by atomic mass is 79.9. The van der Waals surface area contributed by atoms with Crippen molar-refractivity contribution in [2.45, 2.75) is 12.7 Å². The average molecular weight is 381 g/mol. The average Bonchev–Trinajstić information content (AvgIpc) is 2.40. The molecule has 0 spiro atoms. The molecule has 0 bridgehead atoms. The van der Waals surface area contributed by atoms with Crippen molar-refractivity contribution in [2.75, 3.05) is 0 Å². The van der Waals surface area contributed by atoms with Crippen LogP contribution >= 0.6 is 27.5 Å². The first-order chi connectivity index (χ1) is 9.81. The molecule has 0 aliphatic heterocycles. The van der Waals surface area contributed by atoms with E-state index in [1.807, 2.05) is 0 Å². The van der Waals surface area contributed by atoms with E-state index in [9.17, 15) is 13.2 Å². The van der Waals surface area contributed by atoms with Gasteiger partial charge >= 0.3 is 6.18 Å². The van der Waals surface area contributed by atoms with Gasteiger partial charge in [0, 0.05) is 11.6 Å². The molecule has 2 N–H and O–H groups in total. The lowest BCUT2D eigenvalue weighted by molar-refractivity contribution is -0.138. The maximum atomic E-state index is 12.8. The Hall–Kier alpha value is -1.24. The van der Waals surface area contributed by atoms with Gasteiger partial charge in [0.05, 0.1) is 10.0 Å². The third kappa shape index (κ3) is 3.90. The first kappa shape index (κ1) is 16.1. The molecular formula is C14H10BrClF3NO. The predicted octanol–water partition coefficient (Wildman–Crippen LogP) is 5.37. The lowest BCUT2D eigenvalue weighted by Gasteiger charge is -2.14. The van der Waals surface area contributed by atoms with E-state index < -0.39 is 11.7 Å². The maximum absolute atomic E-state index is 12.8. The van der Waals surface area contributed by atoms with Crippen molar-refractivity contribution in [3.05, 3.63) is 57.0 Å². The van der Waals surface area contributed by atoms with Gasteiger partial charge in [0.25, 0.3) is 0 Å². The fourth-order valence-corrected chi connectivity index (χ4v) is 2.53. The van der Waals surface area contributed by atoms with E-state index >= 15 is 0 Å². The Morgan fingerprint density at radius 3 is 2.43 bits per heavy atom. The Balaban J connectivity index is 2.33. The molecule has 7 heteroatoms. The van der Waals surface area contributed by atoms with Crippen molar-refractivity contribution >= 4 is 27.5 Å². The van der Waals surface area contributed by atoms with E-state index in [-0.39, 0.29) is 17.9 Å². The van der Waals surface area contributed by atoms with Gasteiger partial charge in [-0.2, -0.15) is 13.2 Å². The topological polar surface area (TPSA) is 35.2 Å². The van der Waals surface area contributed by atoms with E-state index in [4.69, 9.17) is 22.1 Å². The molecule has 21 heavy (non-hydrogen) atoms. The van der Waals surface area contributed by atoms with Crippen LogP contribution in [0.15, 0.2) is 40.9 Å². The van der Waals surface area contributed by atoms with Crippen LogP contribution in [-0.4, -0.2) is 0 Å². The highest BCUT2D eigenvalue weighted by molar-refractivity contribution is 9.10. The van der Waals surface area contributed by atoms with Crippen LogP contribution in [0.1, 0.15) is 11.1 Å². The first-order valence-electron chi connectivity index (χ1n) is 5.84. The van der Waals surface area contributed by atoms with Crippen LogP contribution in [0.2, 0.25) is 5.02 Å². The van der Waals surface area contributed by atoms with E-state index in [2.05, 4.69) is 15.9 Å². The molecule has 2 aromatic rings. The largest absolute Gasteiger partial charge is 0.456 e. The van der Waals surface area contributed by atoms with Gasteiger partial charge in [0.15, 0.2) is 0 Å². The number of halogens is 5. The third-order valence-corrected chi connectivity index (χ3v) is 3.58. The number of hydrogen-bond acceptors (Lipinski definition) is 2. The fraction of sp³-hybridized carbons (Fsp3) is 0.143. The lowest BCUT2D eigenvalue weighted by atomic mass is 10.1. The Kier molecular flexibility index (Phi) is 4.81. The minimum absolute atomic E-state index is 0.0231. The van der Waals surface area contributed by atoms with Crippen LogP contribution in [0.5, 0.6) is 11.5 Å². The second kappa shape index (κ2) is 6.25. The summed E-state index contributed by atoms with van der Waals surface area (Å²) in [4.78, 5) is 0. The SMILES string of the molecule is NCc1cc(Oc2ccc(Cl)cc2Br)ccc1C(F)(F)F. The van der Waals surface area contributed by atoms with E-state index in [0.29, 0.717) is 15.2 Å². The number of nitrogens with two attached hydrogens (primary N) is 1. The minimum Gasteiger partial charge on any atom is -0.456 e. The summed E-state index contributed by atoms with van der Waals surface area (Å²) in [7, 11) is 0. The molecule has 0 amide bonds. The van der Waals surface area contributed by atoms with Crippen molar-refractivity contribution < 1.29 is 17.9 Å². The zero-order valence-electron chi connectivity index (χ0n) is 10.5. The van der Waals surface area contributed by atoms with Crippen molar-refractivity contribution in [3.8, 4) is 11.5 Å². The van der Waals surface area contributed by atoms with Crippen LogP contribution < -0.4 is 10.5 Å². The van der Waals surface area contributed by atoms with Crippen molar-refractivity contribution in [2.24, 2.45) is 5.73 Å². The molecule has 112 valence electrons. The third-order valence-electron chi connectivity index (χ3n) is 2.72. The van der Waals surface area contributed by atoms with E-state index in [0.717, 1.165) is 6.07 Å². The van der Waals surface area contributed by atoms with Gasteiger partial charge in [0.1, 0.15) is 11.5 Å². The van der Waals surface area contributed by atoms with Gasteiger partial charge in [-0.3, -0.25) is 0 Å². The number of alkyl halides is 3. The second-order valence-corrected chi connectivity index (χ2v) is 5.49. The lowest BCUT2D eigenvalue weighted by Crippen LogP contribution is -2.11. The molecule has 0 fully saturated rings. The predicted molar refractivity (Wildman–Crippen MR) is 78.6 cm³/mol. The van der Waals surface area contributed by atoms with Gasteiger partial charge in [-0.1, -0.05) is 11.6 Å². The quantitative estimate of drug-likeness (QED) is 0.777. The van der Waals surface area contributed by atoms with Gasteiger partial charge in [0.2, 0.25) is 0 Å². The Labute approximate surface area is 132 Å². The number of rotatable bonds is 3. The van der Waals surface area contributed by atoms with Crippen LogP contribution in [-0.2, 0) is 12.7 Å². The molecule has 2 aromatic carbocycles. The summed E-state index contributed by atoms with van der Waals surface area (Å²) in [5, 5.41) is 0.518. The van der Waals surface area contributed by atoms with E-state index in [1.165, 1.54) is 12.1 Å². The summed E-state index contributed by atoms with van der Waals surface area (Å²) in [6.45, 7) is -0.228. The van der Waals surface area contributed by atoms with Crippen molar-refractivity contribution in [1.29, 1.82) is 0 Å². The van der Waals surface area contributed by atoms with Gasteiger partial charge in [-0.05, 0) is 57.9 Å². The first-order valence-corrected chi connectivity index (χ1v) is 7.01. The molecular weight excluding hydrogens is 371 g/mol. The molecule has 0 aliphatic rings.